The molecule has 3 aromatic rings. The average Bonchev–Trinajstić information content (AvgIpc) is 3.53. The topological polar surface area (TPSA) is 107 Å². The zero-order valence-electron chi connectivity index (χ0n) is 18.3. The minimum absolute atomic E-state index is 0.0248. The van der Waals surface area contributed by atoms with Crippen molar-refractivity contribution in [2.24, 2.45) is 0 Å². The van der Waals surface area contributed by atoms with E-state index in [2.05, 4.69) is 16.0 Å². The smallest absolute Gasteiger partial charge is 0.253 e. The maximum absolute atomic E-state index is 12.8. The number of hydrogen-bond acceptors (Lipinski definition) is 7. The molecule has 0 aromatic heterocycles. The van der Waals surface area contributed by atoms with Crippen molar-refractivity contribution in [2.75, 3.05) is 25.4 Å². The summed E-state index contributed by atoms with van der Waals surface area (Å²) < 4.78 is 21.3. The van der Waals surface area contributed by atoms with Gasteiger partial charge in [-0.1, -0.05) is 24.3 Å². The van der Waals surface area contributed by atoms with Crippen molar-refractivity contribution < 1.29 is 28.5 Å². The Morgan fingerprint density at radius 1 is 0.706 bits per heavy atom. The lowest BCUT2D eigenvalue weighted by Gasteiger charge is -2.13. The third-order valence-electron chi connectivity index (χ3n) is 5.43. The van der Waals surface area contributed by atoms with Gasteiger partial charge in [-0.3, -0.25) is 9.59 Å². The van der Waals surface area contributed by atoms with Crippen LogP contribution in [0.1, 0.15) is 21.5 Å². The van der Waals surface area contributed by atoms with E-state index in [1.165, 1.54) is 0 Å². The fraction of sp³-hybridized carbons (Fsp3) is 0.200. The van der Waals surface area contributed by atoms with Gasteiger partial charge in [0.2, 0.25) is 19.5 Å². The number of carbonyl (C=O) groups excluding carboxylic acids is 2. The second-order valence-corrected chi connectivity index (χ2v) is 7.73. The number of ether oxygens (including phenoxy) is 4. The van der Waals surface area contributed by atoms with Crippen LogP contribution in [0.15, 0.2) is 60.7 Å². The molecule has 5 rings (SSSR count). The van der Waals surface area contributed by atoms with Crippen LogP contribution in [0.4, 0.5) is 5.69 Å². The van der Waals surface area contributed by atoms with Crippen molar-refractivity contribution in [1.29, 1.82) is 0 Å². The molecule has 174 valence electrons. The molecule has 0 bridgehead atoms. The number of anilines is 1. The van der Waals surface area contributed by atoms with Crippen molar-refractivity contribution in [3.05, 3.63) is 77.4 Å². The predicted octanol–water partition coefficient (Wildman–Crippen LogP) is 2.80. The third-order valence-corrected chi connectivity index (χ3v) is 5.43. The molecule has 9 heteroatoms. The van der Waals surface area contributed by atoms with Gasteiger partial charge in [-0.05, 0) is 47.5 Å². The van der Waals surface area contributed by atoms with E-state index >= 15 is 0 Å². The Bertz CT molecular complexity index is 1230. The maximum Gasteiger partial charge on any atom is 0.253 e. The molecule has 3 N–H and O–H groups in total. The van der Waals surface area contributed by atoms with Crippen LogP contribution in [0.3, 0.4) is 0 Å². The van der Waals surface area contributed by atoms with Gasteiger partial charge >= 0.3 is 0 Å². The van der Waals surface area contributed by atoms with Crippen molar-refractivity contribution in [3.63, 3.8) is 0 Å². The van der Waals surface area contributed by atoms with E-state index in [0.29, 0.717) is 47.3 Å². The number of fused-ring (bicyclic) bond motifs is 2. The predicted molar refractivity (Wildman–Crippen MR) is 123 cm³/mol. The summed E-state index contributed by atoms with van der Waals surface area (Å²) in [6.07, 6.45) is 0. The van der Waals surface area contributed by atoms with Crippen molar-refractivity contribution >= 4 is 17.5 Å². The lowest BCUT2D eigenvalue weighted by Crippen LogP contribution is -2.30. The van der Waals surface area contributed by atoms with Gasteiger partial charge in [-0.2, -0.15) is 0 Å². The Balaban J connectivity index is 1.13. The van der Waals surface area contributed by atoms with E-state index in [1.807, 2.05) is 42.5 Å². The van der Waals surface area contributed by atoms with Crippen LogP contribution in [-0.4, -0.2) is 31.9 Å². The Morgan fingerprint density at radius 3 is 1.97 bits per heavy atom. The van der Waals surface area contributed by atoms with Crippen molar-refractivity contribution in [3.8, 4) is 23.0 Å². The third kappa shape index (κ3) is 4.83. The highest BCUT2D eigenvalue weighted by molar-refractivity contribution is 6.00. The van der Waals surface area contributed by atoms with Gasteiger partial charge in [-0.25, -0.2) is 0 Å². The van der Waals surface area contributed by atoms with E-state index < -0.39 is 0 Å². The fourth-order valence-electron chi connectivity index (χ4n) is 3.65. The highest BCUT2D eigenvalue weighted by atomic mass is 16.7. The van der Waals surface area contributed by atoms with Crippen LogP contribution in [-0.2, 0) is 17.9 Å². The van der Waals surface area contributed by atoms with Gasteiger partial charge in [-0.15, -0.1) is 0 Å². The Labute approximate surface area is 196 Å². The molecule has 0 spiro atoms. The summed E-state index contributed by atoms with van der Waals surface area (Å²) in [5.74, 6) is 2.28. The van der Waals surface area contributed by atoms with E-state index in [9.17, 15) is 9.59 Å². The quantitative estimate of drug-likeness (QED) is 0.474. The van der Waals surface area contributed by atoms with E-state index in [-0.39, 0.29) is 31.9 Å². The number of carbonyl (C=O) groups is 2. The van der Waals surface area contributed by atoms with Gasteiger partial charge in [0.05, 0.1) is 12.1 Å². The van der Waals surface area contributed by atoms with Crippen LogP contribution in [0.5, 0.6) is 23.0 Å². The summed E-state index contributed by atoms with van der Waals surface area (Å²) >= 11 is 0. The molecule has 0 saturated carbocycles. The van der Waals surface area contributed by atoms with Crippen molar-refractivity contribution in [2.45, 2.75) is 13.1 Å². The number of rotatable bonds is 8. The van der Waals surface area contributed by atoms with Crippen LogP contribution in [0, 0.1) is 0 Å². The standard InChI is InChI=1S/C25H23N3O6/c29-24(27-11-16-5-7-20-22(9-16)33-14-31-20)13-26-19-4-2-1-3-18(19)25(30)28-12-17-6-8-21-23(10-17)34-15-32-21/h1-10,26H,11-15H2,(H,27,29)(H,28,30). The first-order chi connectivity index (χ1) is 16.7. The number of nitrogens with one attached hydrogen (secondary N) is 3. The van der Waals surface area contributed by atoms with Gasteiger partial charge in [0.1, 0.15) is 0 Å². The van der Waals surface area contributed by atoms with Crippen LogP contribution < -0.4 is 34.9 Å². The molecule has 2 aliphatic heterocycles. The highest BCUT2D eigenvalue weighted by Crippen LogP contribution is 2.33. The molecule has 0 aliphatic carbocycles. The zero-order chi connectivity index (χ0) is 23.3. The van der Waals surface area contributed by atoms with E-state index in [1.54, 1.807) is 18.2 Å². The fourth-order valence-corrected chi connectivity index (χ4v) is 3.65. The van der Waals surface area contributed by atoms with Gasteiger partial charge in [0.25, 0.3) is 5.91 Å². The molecule has 2 aliphatic rings. The van der Waals surface area contributed by atoms with E-state index in [0.717, 1.165) is 11.1 Å². The van der Waals surface area contributed by atoms with E-state index in [4.69, 9.17) is 18.9 Å². The summed E-state index contributed by atoms with van der Waals surface area (Å²) in [5.41, 5.74) is 2.82. The molecule has 2 heterocycles. The number of amides is 2. The second kappa shape index (κ2) is 9.62. The summed E-state index contributed by atoms with van der Waals surface area (Å²) in [6.45, 7) is 1.12. The molecular weight excluding hydrogens is 438 g/mol. The molecule has 9 nitrogen and oxygen atoms in total. The molecule has 0 saturated heterocycles. The molecule has 34 heavy (non-hydrogen) atoms. The first-order valence-electron chi connectivity index (χ1n) is 10.8. The lowest BCUT2D eigenvalue weighted by atomic mass is 10.1. The molecule has 0 radical (unpaired) electrons. The average molecular weight is 461 g/mol. The summed E-state index contributed by atoms with van der Waals surface area (Å²) in [6, 6.07) is 18.1. The van der Waals surface area contributed by atoms with Crippen LogP contribution in [0.2, 0.25) is 0 Å². The molecule has 0 atom stereocenters. The molecule has 2 amide bonds. The molecule has 3 aromatic carbocycles. The van der Waals surface area contributed by atoms with Gasteiger partial charge in [0.15, 0.2) is 23.0 Å². The summed E-state index contributed by atoms with van der Waals surface area (Å²) in [7, 11) is 0. The molecule has 0 fully saturated rings. The Morgan fingerprint density at radius 2 is 1.29 bits per heavy atom. The van der Waals surface area contributed by atoms with Crippen LogP contribution in [0.25, 0.3) is 0 Å². The minimum Gasteiger partial charge on any atom is -0.454 e. The van der Waals surface area contributed by atoms with Crippen molar-refractivity contribution in [1.82, 2.24) is 10.6 Å². The first kappa shape index (κ1) is 21.4. The minimum atomic E-state index is -0.249. The zero-order valence-corrected chi connectivity index (χ0v) is 18.3. The number of para-hydroxylation sites is 1. The maximum atomic E-state index is 12.8. The SMILES string of the molecule is O=C(CNc1ccccc1C(=O)NCc1ccc2c(c1)OCO2)NCc1ccc2c(c1)OCO2. The Hall–Kier alpha value is -4.40. The number of benzene rings is 3. The first-order valence-corrected chi connectivity index (χ1v) is 10.8. The number of hydrogen-bond donors (Lipinski definition) is 3. The second-order valence-electron chi connectivity index (χ2n) is 7.73. The lowest BCUT2D eigenvalue weighted by molar-refractivity contribution is -0.119. The largest absolute Gasteiger partial charge is 0.454 e. The van der Waals surface area contributed by atoms with Crippen LogP contribution >= 0.6 is 0 Å². The van der Waals surface area contributed by atoms with Gasteiger partial charge in [0, 0.05) is 18.8 Å². The molecular formula is C25H23N3O6. The van der Waals surface area contributed by atoms with Gasteiger partial charge < -0.3 is 34.9 Å². The highest BCUT2D eigenvalue weighted by Gasteiger charge is 2.16. The molecule has 0 unspecified atom stereocenters. The monoisotopic (exact) mass is 461 g/mol. The summed E-state index contributed by atoms with van der Waals surface area (Å²) in [5, 5.41) is 8.81. The normalized spacial score (nSPS) is 12.8. The summed E-state index contributed by atoms with van der Waals surface area (Å²) in [4.78, 5) is 25.1. The Kier molecular flexibility index (Phi) is 6.07.